The summed E-state index contributed by atoms with van der Waals surface area (Å²) in [5.41, 5.74) is 1.18. The van der Waals surface area contributed by atoms with Crippen molar-refractivity contribution in [2.75, 3.05) is 20.1 Å². The van der Waals surface area contributed by atoms with Crippen molar-refractivity contribution in [2.24, 2.45) is 0 Å². The molecule has 2 rings (SSSR count). The van der Waals surface area contributed by atoms with Crippen molar-refractivity contribution >= 4 is 5.78 Å². The van der Waals surface area contributed by atoms with Gasteiger partial charge in [-0.1, -0.05) is 0 Å². The van der Waals surface area contributed by atoms with E-state index in [9.17, 15) is 4.79 Å². The van der Waals surface area contributed by atoms with Crippen LogP contribution in [0.4, 0.5) is 0 Å². The molecule has 1 aromatic rings. The Hall–Kier alpha value is -1.16. The summed E-state index contributed by atoms with van der Waals surface area (Å²) in [5.74, 6) is 1.50. The van der Waals surface area contributed by atoms with E-state index < -0.39 is 0 Å². The fourth-order valence-electron chi connectivity index (χ4n) is 2.33. The summed E-state index contributed by atoms with van der Waals surface area (Å²) in [5, 5.41) is 0. The zero-order chi connectivity index (χ0) is 11.5. The van der Waals surface area contributed by atoms with Gasteiger partial charge in [-0.2, -0.15) is 0 Å². The van der Waals surface area contributed by atoms with Crippen LogP contribution in [-0.4, -0.2) is 40.8 Å². The highest BCUT2D eigenvalue weighted by atomic mass is 16.1. The predicted molar refractivity (Wildman–Crippen MR) is 62.4 cm³/mol. The fraction of sp³-hybridized carbons (Fsp3) is 0.667. The predicted octanol–water partition coefficient (Wildman–Crippen LogP) is 1.35. The number of rotatable bonds is 3. The van der Waals surface area contributed by atoms with Crippen LogP contribution in [0.15, 0.2) is 6.20 Å². The van der Waals surface area contributed by atoms with Crippen LogP contribution in [0.5, 0.6) is 0 Å². The van der Waals surface area contributed by atoms with E-state index in [2.05, 4.69) is 21.9 Å². The van der Waals surface area contributed by atoms with Crippen LogP contribution in [-0.2, 0) is 11.2 Å². The number of likely N-dealkylation sites (N-methyl/N-ethyl adjacent to an activating group) is 1. The lowest BCUT2D eigenvalue weighted by molar-refractivity contribution is -0.116. The van der Waals surface area contributed by atoms with Crippen LogP contribution in [0.2, 0.25) is 0 Å². The molecule has 1 saturated heterocycles. The number of ketones is 1. The Morgan fingerprint density at radius 2 is 2.50 bits per heavy atom. The monoisotopic (exact) mass is 221 g/mol. The molecule has 1 N–H and O–H groups in total. The molecule has 1 unspecified atom stereocenters. The topological polar surface area (TPSA) is 49.0 Å². The van der Waals surface area contributed by atoms with E-state index in [0.717, 1.165) is 12.4 Å². The Bertz CT molecular complexity index is 372. The number of H-pyrrole nitrogens is 1. The maximum absolute atomic E-state index is 11.0. The molecule has 0 aromatic carbocycles. The van der Waals surface area contributed by atoms with Crippen molar-refractivity contribution in [1.29, 1.82) is 0 Å². The first kappa shape index (κ1) is 11.3. The van der Waals surface area contributed by atoms with Gasteiger partial charge < -0.3 is 9.88 Å². The van der Waals surface area contributed by atoms with E-state index in [1.807, 2.05) is 6.20 Å². The number of likely N-dealkylation sites (tertiary alicyclic amines) is 1. The van der Waals surface area contributed by atoms with E-state index in [4.69, 9.17) is 0 Å². The number of carbonyl (C=O) groups excluding carboxylic acids is 1. The first-order valence-corrected chi connectivity index (χ1v) is 5.87. The Morgan fingerprint density at radius 3 is 3.19 bits per heavy atom. The molecule has 1 atom stereocenters. The summed E-state index contributed by atoms with van der Waals surface area (Å²) in [6, 6.07) is 0. The number of hydrogen-bond donors (Lipinski definition) is 1. The molecule has 0 spiro atoms. The normalized spacial score (nSPS) is 22.2. The number of piperidine rings is 1. The van der Waals surface area contributed by atoms with Crippen molar-refractivity contribution in [3.05, 3.63) is 17.7 Å². The molecule has 1 aromatic heterocycles. The summed E-state index contributed by atoms with van der Waals surface area (Å²) in [6.07, 6.45) is 4.76. The third-order valence-corrected chi connectivity index (χ3v) is 3.13. The van der Waals surface area contributed by atoms with Gasteiger partial charge in [-0.05, 0) is 33.4 Å². The zero-order valence-corrected chi connectivity index (χ0v) is 9.99. The number of nitrogens with one attached hydrogen (secondary N) is 1. The standard InChI is InChI=1S/C12H19N3O/c1-9(16)6-12-13-7-11(14-12)10-4-3-5-15(2)8-10/h7,10H,3-6,8H2,1-2H3,(H,13,14). The second-order valence-electron chi connectivity index (χ2n) is 4.77. The summed E-state index contributed by atoms with van der Waals surface area (Å²) in [4.78, 5) is 20.9. The van der Waals surface area contributed by atoms with E-state index in [-0.39, 0.29) is 5.78 Å². The summed E-state index contributed by atoms with van der Waals surface area (Å²) in [6.45, 7) is 3.86. The van der Waals surface area contributed by atoms with Crippen molar-refractivity contribution < 1.29 is 4.79 Å². The molecule has 0 radical (unpaired) electrons. The molecular weight excluding hydrogens is 202 g/mol. The number of aromatic nitrogens is 2. The molecule has 0 bridgehead atoms. The van der Waals surface area contributed by atoms with E-state index in [0.29, 0.717) is 12.3 Å². The minimum absolute atomic E-state index is 0.154. The Morgan fingerprint density at radius 1 is 1.69 bits per heavy atom. The van der Waals surface area contributed by atoms with E-state index in [1.54, 1.807) is 6.92 Å². The van der Waals surface area contributed by atoms with Crippen LogP contribution in [0.25, 0.3) is 0 Å². The maximum Gasteiger partial charge on any atom is 0.137 e. The molecule has 0 amide bonds. The maximum atomic E-state index is 11.0. The lowest BCUT2D eigenvalue weighted by atomic mass is 9.96. The lowest BCUT2D eigenvalue weighted by Crippen LogP contribution is -2.30. The minimum atomic E-state index is 0.154. The molecule has 1 aliphatic rings. The number of aromatic amines is 1. The Balaban J connectivity index is 2.03. The van der Waals surface area contributed by atoms with Crippen molar-refractivity contribution in [1.82, 2.24) is 14.9 Å². The van der Waals surface area contributed by atoms with Gasteiger partial charge in [-0.3, -0.25) is 4.79 Å². The number of hydrogen-bond acceptors (Lipinski definition) is 3. The molecule has 1 fully saturated rings. The van der Waals surface area contributed by atoms with Gasteiger partial charge in [0.25, 0.3) is 0 Å². The molecule has 4 heteroatoms. The molecule has 0 saturated carbocycles. The molecule has 4 nitrogen and oxygen atoms in total. The number of Topliss-reactive ketones (excluding diaryl/α,β-unsaturated/α-hetero) is 1. The molecule has 16 heavy (non-hydrogen) atoms. The highest BCUT2D eigenvalue weighted by Crippen LogP contribution is 2.24. The SMILES string of the molecule is CC(=O)Cc1ncc(C2CCCN(C)C2)[nH]1. The second-order valence-corrected chi connectivity index (χ2v) is 4.77. The first-order chi connectivity index (χ1) is 7.65. The minimum Gasteiger partial charge on any atom is -0.345 e. The fourth-order valence-corrected chi connectivity index (χ4v) is 2.33. The molecule has 88 valence electrons. The Labute approximate surface area is 96.1 Å². The molecule has 1 aliphatic heterocycles. The van der Waals surface area contributed by atoms with Gasteiger partial charge >= 0.3 is 0 Å². The number of carbonyl (C=O) groups is 1. The van der Waals surface area contributed by atoms with Crippen molar-refractivity contribution in [3.8, 4) is 0 Å². The summed E-state index contributed by atoms with van der Waals surface area (Å²) < 4.78 is 0. The highest BCUT2D eigenvalue weighted by Gasteiger charge is 2.20. The Kier molecular flexibility index (Phi) is 3.39. The van der Waals surface area contributed by atoms with Crippen LogP contribution < -0.4 is 0 Å². The zero-order valence-electron chi connectivity index (χ0n) is 9.99. The van der Waals surface area contributed by atoms with Gasteiger partial charge in [0.05, 0.1) is 6.42 Å². The number of imidazole rings is 1. The largest absolute Gasteiger partial charge is 0.345 e. The van der Waals surface area contributed by atoms with Crippen molar-refractivity contribution in [2.45, 2.75) is 32.1 Å². The number of nitrogens with zero attached hydrogens (tertiary/aromatic N) is 2. The average Bonchev–Trinajstić information content (AvgIpc) is 2.65. The first-order valence-electron chi connectivity index (χ1n) is 5.87. The third kappa shape index (κ3) is 2.70. The average molecular weight is 221 g/mol. The van der Waals surface area contributed by atoms with Gasteiger partial charge in [0.15, 0.2) is 0 Å². The van der Waals surface area contributed by atoms with Crippen LogP contribution in [0.1, 0.15) is 37.2 Å². The van der Waals surface area contributed by atoms with Crippen molar-refractivity contribution in [3.63, 3.8) is 0 Å². The quantitative estimate of drug-likeness (QED) is 0.838. The van der Waals surface area contributed by atoms with Crippen LogP contribution in [0.3, 0.4) is 0 Å². The highest BCUT2D eigenvalue weighted by molar-refractivity contribution is 5.77. The molecule has 2 heterocycles. The van der Waals surface area contributed by atoms with Crippen LogP contribution >= 0.6 is 0 Å². The summed E-state index contributed by atoms with van der Waals surface area (Å²) in [7, 11) is 2.15. The van der Waals surface area contributed by atoms with Crippen LogP contribution in [0, 0.1) is 0 Å². The smallest absolute Gasteiger partial charge is 0.137 e. The van der Waals surface area contributed by atoms with Gasteiger partial charge in [0, 0.05) is 24.4 Å². The van der Waals surface area contributed by atoms with E-state index in [1.165, 1.54) is 25.1 Å². The lowest BCUT2D eigenvalue weighted by Gasteiger charge is -2.28. The van der Waals surface area contributed by atoms with E-state index >= 15 is 0 Å². The van der Waals surface area contributed by atoms with Gasteiger partial charge in [0.2, 0.25) is 0 Å². The molecule has 0 aliphatic carbocycles. The van der Waals surface area contributed by atoms with Gasteiger partial charge in [-0.15, -0.1) is 0 Å². The second kappa shape index (κ2) is 4.78. The third-order valence-electron chi connectivity index (χ3n) is 3.13. The molecular formula is C12H19N3O. The van der Waals surface area contributed by atoms with Gasteiger partial charge in [0.1, 0.15) is 11.6 Å². The van der Waals surface area contributed by atoms with Gasteiger partial charge in [-0.25, -0.2) is 4.98 Å². The summed E-state index contributed by atoms with van der Waals surface area (Å²) >= 11 is 0.